The summed E-state index contributed by atoms with van der Waals surface area (Å²) < 4.78 is 5.54. The van der Waals surface area contributed by atoms with Gasteiger partial charge in [-0.2, -0.15) is 0 Å². The van der Waals surface area contributed by atoms with E-state index in [0.29, 0.717) is 45.6 Å². The quantitative estimate of drug-likeness (QED) is 0.733. The van der Waals surface area contributed by atoms with Gasteiger partial charge in [0, 0.05) is 49.6 Å². The van der Waals surface area contributed by atoms with Crippen molar-refractivity contribution >= 4 is 23.4 Å². The van der Waals surface area contributed by atoms with E-state index in [-0.39, 0.29) is 29.0 Å². The zero-order valence-corrected chi connectivity index (χ0v) is 17.8. The van der Waals surface area contributed by atoms with Crippen molar-refractivity contribution in [3.63, 3.8) is 0 Å². The van der Waals surface area contributed by atoms with Crippen LogP contribution in [0.25, 0.3) is 0 Å². The highest BCUT2D eigenvalue weighted by molar-refractivity contribution is 6.22. The van der Waals surface area contributed by atoms with Crippen LogP contribution >= 0.6 is 11.6 Å². The molecule has 3 atom stereocenters. The minimum absolute atomic E-state index is 0.0981. The smallest absolute Gasteiger partial charge is 0.254 e. The SMILES string of the molecule is O=C(C1CCC(c2ccc3c(n2)CCO3)CC1Cl)N1CCN(C(=O)C2(O)CC2)CC1. The zero-order chi connectivity index (χ0) is 20.9. The van der Waals surface area contributed by atoms with E-state index in [0.717, 1.165) is 42.8 Å². The third kappa shape index (κ3) is 3.66. The number of halogens is 1. The van der Waals surface area contributed by atoms with Gasteiger partial charge < -0.3 is 19.6 Å². The Hall–Kier alpha value is -1.86. The van der Waals surface area contributed by atoms with Crippen LogP contribution in [0.4, 0.5) is 0 Å². The lowest BCUT2D eigenvalue weighted by molar-refractivity contribution is -0.148. The maximum absolute atomic E-state index is 13.1. The van der Waals surface area contributed by atoms with Crippen molar-refractivity contribution in [2.45, 2.75) is 55.4 Å². The molecule has 4 aliphatic rings. The van der Waals surface area contributed by atoms with Crippen molar-refractivity contribution in [1.82, 2.24) is 14.8 Å². The monoisotopic (exact) mass is 433 g/mol. The molecule has 3 unspecified atom stereocenters. The summed E-state index contributed by atoms with van der Waals surface area (Å²) in [5, 5.41) is 9.82. The highest BCUT2D eigenvalue weighted by Gasteiger charge is 2.50. The summed E-state index contributed by atoms with van der Waals surface area (Å²) in [6, 6.07) is 4.04. The first-order valence-corrected chi connectivity index (χ1v) is 11.5. The molecule has 0 radical (unpaired) electrons. The number of carbonyl (C=O) groups excluding carboxylic acids is 2. The molecule has 30 heavy (non-hydrogen) atoms. The number of piperazine rings is 1. The van der Waals surface area contributed by atoms with Crippen molar-refractivity contribution in [2.24, 2.45) is 5.92 Å². The molecule has 2 amide bonds. The standard InChI is InChI=1S/C22H28ClN3O4/c23-16-13-14(17-3-4-19-18(24-17)5-12-30-19)1-2-15(16)20(27)25-8-10-26(11-9-25)21(28)22(29)6-7-22/h3-4,14-16,29H,1-2,5-13H2. The van der Waals surface area contributed by atoms with Gasteiger partial charge in [-0.3, -0.25) is 14.6 Å². The van der Waals surface area contributed by atoms with Crippen LogP contribution < -0.4 is 4.74 Å². The van der Waals surface area contributed by atoms with Crippen LogP contribution in [0.15, 0.2) is 12.1 Å². The van der Waals surface area contributed by atoms with E-state index in [1.54, 1.807) is 4.90 Å². The first kappa shape index (κ1) is 20.1. The van der Waals surface area contributed by atoms with E-state index in [1.807, 2.05) is 17.0 Å². The summed E-state index contributed by atoms with van der Waals surface area (Å²) in [6.45, 7) is 2.68. The third-order valence-electron chi connectivity index (χ3n) is 7.06. The molecular weight excluding hydrogens is 406 g/mol. The van der Waals surface area contributed by atoms with Crippen LogP contribution in [0.2, 0.25) is 0 Å². The lowest BCUT2D eigenvalue weighted by atomic mass is 9.79. The lowest BCUT2D eigenvalue weighted by Crippen LogP contribution is -2.55. The molecule has 1 N–H and O–H groups in total. The van der Waals surface area contributed by atoms with Gasteiger partial charge in [0.2, 0.25) is 5.91 Å². The molecule has 2 aliphatic heterocycles. The molecule has 1 saturated heterocycles. The maximum atomic E-state index is 13.1. The van der Waals surface area contributed by atoms with Crippen LogP contribution in [0.5, 0.6) is 5.75 Å². The van der Waals surface area contributed by atoms with Gasteiger partial charge >= 0.3 is 0 Å². The number of nitrogens with zero attached hydrogens (tertiary/aromatic N) is 3. The van der Waals surface area contributed by atoms with Crippen LogP contribution in [0.3, 0.4) is 0 Å². The number of aliphatic hydroxyl groups is 1. The fourth-order valence-electron chi connectivity index (χ4n) is 4.95. The molecule has 1 aromatic heterocycles. The van der Waals surface area contributed by atoms with Gasteiger partial charge in [0.25, 0.3) is 5.91 Å². The number of pyridine rings is 1. The van der Waals surface area contributed by atoms with Crippen LogP contribution in [0.1, 0.15) is 49.4 Å². The number of hydrogen-bond acceptors (Lipinski definition) is 5. The van der Waals surface area contributed by atoms with Crippen LogP contribution in [-0.4, -0.2) is 75.5 Å². The Morgan fingerprint density at radius 2 is 1.87 bits per heavy atom. The topological polar surface area (TPSA) is 83.0 Å². The Morgan fingerprint density at radius 3 is 2.57 bits per heavy atom. The van der Waals surface area contributed by atoms with E-state index in [1.165, 1.54) is 0 Å². The van der Waals surface area contributed by atoms with E-state index in [4.69, 9.17) is 21.3 Å². The van der Waals surface area contributed by atoms with Gasteiger partial charge in [0.1, 0.15) is 11.4 Å². The average molecular weight is 434 g/mol. The van der Waals surface area contributed by atoms with Crippen LogP contribution in [-0.2, 0) is 16.0 Å². The molecule has 162 valence electrons. The minimum atomic E-state index is -1.14. The average Bonchev–Trinajstić information content (AvgIpc) is 3.34. The molecule has 1 aromatic rings. The second-order valence-corrected chi connectivity index (χ2v) is 9.62. The molecular formula is C22H28ClN3O4. The molecule has 8 heteroatoms. The Kier molecular flexibility index (Phi) is 5.14. The minimum Gasteiger partial charge on any atom is -0.491 e. The summed E-state index contributed by atoms with van der Waals surface area (Å²) in [4.78, 5) is 33.7. The number of ether oxygens (including phenoxy) is 1. The normalized spacial score (nSPS) is 29.9. The zero-order valence-electron chi connectivity index (χ0n) is 17.1. The summed E-state index contributed by atoms with van der Waals surface area (Å²) in [5.41, 5.74) is 0.949. The van der Waals surface area contributed by atoms with E-state index in [9.17, 15) is 14.7 Å². The van der Waals surface area contributed by atoms with Crippen molar-refractivity contribution in [2.75, 3.05) is 32.8 Å². The highest BCUT2D eigenvalue weighted by Crippen LogP contribution is 2.40. The van der Waals surface area contributed by atoms with E-state index < -0.39 is 5.60 Å². The number of aromatic nitrogens is 1. The fourth-order valence-corrected chi connectivity index (χ4v) is 5.40. The Labute approximate surface area is 181 Å². The number of fused-ring (bicyclic) bond motifs is 1. The summed E-state index contributed by atoms with van der Waals surface area (Å²) in [7, 11) is 0. The number of amides is 2. The molecule has 3 heterocycles. The van der Waals surface area contributed by atoms with Gasteiger partial charge in [0.05, 0.1) is 18.2 Å². The molecule has 2 saturated carbocycles. The Morgan fingerprint density at radius 1 is 1.13 bits per heavy atom. The van der Waals surface area contributed by atoms with E-state index in [2.05, 4.69) is 0 Å². The molecule has 3 fully saturated rings. The Bertz CT molecular complexity index is 851. The predicted molar refractivity (Wildman–Crippen MR) is 111 cm³/mol. The van der Waals surface area contributed by atoms with Gasteiger partial charge in [-0.15, -0.1) is 11.6 Å². The van der Waals surface area contributed by atoms with Crippen LogP contribution in [0, 0.1) is 5.92 Å². The van der Waals surface area contributed by atoms with Gasteiger partial charge in [0.15, 0.2) is 0 Å². The maximum Gasteiger partial charge on any atom is 0.254 e. The van der Waals surface area contributed by atoms with Gasteiger partial charge in [-0.05, 0) is 44.2 Å². The number of rotatable bonds is 3. The molecule has 0 spiro atoms. The summed E-state index contributed by atoms with van der Waals surface area (Å²) in [6.07, 6.45) is 4.36. The number of hydrogen-bond donors (Lipinski definition) is 1. The van der Waals surface area contributed by atoms with Gasteiger partial charge in [-0.25, -0.2) is 0 Å². The Balaban J connectivity index is 1.16. The fraction of sp³-hybridized carbons (Fsp3) is 0.682. The predicted octanol–water partition coefficient (Wildman–Crippen LogP) is 1.70. The summed E-state index contributed by atoms with van der Waals surface area (Å²) in [5.74, 6) is 0.891. The second kappa shape index (κ2) is 7.68. The van der Waals surface area contributed by atoms with Gasteiger partial charge in [-0.1, -0.05) is 0 Å². The van der Waals surface area contributed by atoms with Crippen molar-refractivity contribution in [3.05, 3.63) is 23.5 Å². The highest BCUT2D eigenvalue weighted by atomic mass is 35.5. The van der Waals surface area contributed by atoms with E-state index >= 15 is 0 Å². The molecule has 5 rings (SSSR count). The first-order valence-electron chi connectivity index (χ1n) is 11.0. The number of alkyl halides is 1. The van der Waals surface area contributed by atoms with Crippen molar-refractivity contribution in [1.29, 1.82) is 0 Å². The van der Waals surface area contributed by atoms with Crippen molar-refractivity contribution < 1.29 is 19.4 Å². The second-order valence-electron chi connectivity index (χ2n) is 9.06. The largest absolute Gasteiger partial charge is 0.491 e. The third-order valence-corrected chi connectivity index (χ3v) is 7.54. The first-order chi connectivity index (χ1) is 14.4. The lowest BCUT2D eigenvalue weighted by Gasteiger charge is -2.39. The number of carbonyl (C=O) groups is 2. The molecule has 2 aliphatic carbocycles. The molecule has 7 nitrogen and oxygen atoms in total. The summed E-state index contributed by atoms with van der Waals surface area (Å²) >= 11 is 6.71. The van der Waals surface area contributed by atoms with Crippen molar-refractivity contribution in [3.8, 4) is 5.75 Å². The molecule has 0 bridgehead atoms. The molecule has 0 aromatic carbocycles.